The Balaban J connectivity index is 1.82. The highest BCUT2D eigenvalue weighted by Gasteiger charge is 2.09. The van der Waals surface area contributed by atoms with Crippen LogP contribution in [0.2, 0.25) is 0 Å². The predicted molar refractivity (Wildman–Crippen MR) is 74.3 cm³/mol. The molecular formula is C13H13N3O2S. The molecule has 0 unspecified atom stereocenters. The van der Waals surface area contributed by atoms with Gasteiger partial charge in [0.15, 0.2) is 0 Å². The van der Waals surface area contributed by atoms with Gasteiger partial charge < -0.3 is 10.6 Å². The number of hydrogen-bond acceptors (Lipinski definition) is 4. The van der Waals surface area contributed by atoms with Gasteiger partial charge in [-0.15, -0.1) is 11.3 Å². The van der Waals surface area contributed by atoms with Crippen LogP contribution in [0.1, 0.15) is 14.5 Å². The van der Waals surface area contributed by atoms with E-state index in [0.717, 1.165) is 4.88 Å². The molecule has 2 N–H and O–H groups in total. The maximum atomic E-state index is 11.7. The Hall–Kier alpha value is -2.21. The van der Waals surface area contributed by atoms with E-state index in [4.69, 9.17) is 0 Å². The highest BCUT2D eigenvalue weighted by molar-refractivity contribution is 7.13. The normalized spacial score (nSPS) is 9.95. The summed E-state index contributed by atoms with van der Waals surface area (Å²) >= 11 is 1.40. The summed E-state index contributed by atoms with van der Waals surface area (Å²) in [5.41, 5.74) is 0. The third-order valence-electron chi connectivity index (χ3n) is 2.31. The minimum absolute atomic E-state index is 0.0770. The van der Waals surface area contributed by atoms with Crippen molar-refractivity contribution in [1.29, 1.82) is 0 Å². The molecular weight excluding hydrogens is 262 g/mol. The minimum atomic E-state index is -0.305. The lowest BCUT2D eigenvalue weighted by Gasteiger charge is -2.05. The van der Waals surface area contributed by atoms with Gasteiger partial charge in [-0.3, -0.25) is 9.59 Å². The predicted octanol–water partition coefficient (Wildman–Crippen LogP) is 1.82. The average molecular weight is 275 g/mol. The second-order valence-electron chi connectivity index (χ2n) is 3.86. The lowest BCUT2D eigenvalue weighted by Crippen LogP contribution is -2.32. The van der Waals surface area contributed by atoms with E-state index < -0.39 is 0 Å². The zero-order valence-corrected chi connectivity index (χ0v) is 11.2. The number of carbonyl (C=O) groups excluding carboxylic acids is 2. The van der Waals surface area contributed by atoms with Crippen molar-refractivity contribution >= 4 is 29.0 Å². The SMILES string of the molecule is Cc1ccc(C(=O)NCC(=O)Nc2ccccn2)s1. The van der Waals surface area contributed by atoms with Crippen LogP contribution < -0.4 is 10.6 Å². The molecule has 0 aliphatic rings. The Bertz CT molecular complexity index is 581. The number of hydrogen-bond donors (Lipinski definition) is 2. The van der Waals surface area contributed by atoms with E-state index in [1.54, 1.807) is 30.5 Å². The number of aryl methyl sites for hydroxylation is 1. The minimum Gasteiger partial charge on any atom is -0.342 e. The van der Waals surface area contributed by atoms with Gasteiger partial charge in [-0.2, -0.15) is 0 Å². The summed E-state index contributed by atoms with van der Waals surface area (Å²) in [6, 6.07) is 8.83. The Morgan fingerprint density at radius 3 is 2.74 bits per heavy atom. The van der Waals surface area contributed by atoms with Gasteiger partial charge in [0.05, 0.1) is 11.4 Å². The Kier molecular flexibility index (Phi) is 4.25. The summed E-state index contributed by atoms with van der Waals surface area (Å²) in [4.78, 5) is 28.9. The third-order valence-corrected chi connectivity index (χ3v) is 3.31. The van der Waals surface area contributed by atoms with Gasteiger partial charge in [0.1, 0.15) is 5.82 Å². The van der Waals surface area contributed by atoms with Crippen molar-refractivity contribution in [2.75, 3.05) is 11.9 Å². The second-order valence-corrected chi connectivity index (χ2v) is 5.14. The summed E-state index contributed by atoms with van der Waals surface area (Å²) < 4.78 is 0. The van der Waals surface area contributed by atoms with Gasteiger partial charge in [-0.25, -0.2) is 4.98 Å². The molecule has 2 aromatic heterocycles. The fourth-order valence-electron chi connectivity index (χ4n) is 1.43. The molecule has 2 heterocycles. The van der Waals surface area contributed by atoms with Crippen LogP contribution in [0, 0.1) is 6.92 Å². The van der Waals surface area contributed by atoms with E-state index in [1.165, 1.54) is 11.3 Å². The largest absolute Gasteiger partial charge is 0.342 e. The van der Waals surface area contributed by atoms with Crippen molar-refractivity contribution in [3.05, 3.63) is 46.3 Å². The Morgan fingerprint density at radius 2 is 2.11 bits per heavy atom. The van der Waals surface area contributed by atoms with Crippen LogP contribution in [-0.4, -0.2) is 23.3 Å². The smallest absolute Gasteiger partial charge is 0.261 e. The average Bonchev–Trinajstić information content (AvgIpc) is 2.84. The lowest BCUT2D eigenvalue weighted by atomic mass is 10.4. The molecule has 0 fully saturated rings. The summed E-state index contributed by atoms with van der Waals surface area (Å²) in [7, 11) is 0. The molecule has 0 saturated heterocycles. The molecule has 2 amide bonds. The number of nitrogens with one attached hydrogen (secondary N) is 2. The van der Waals surface area contributed by atoms with E-state index >= 15 is 0 Å². The molecule has 0 bridgehead atoms. The molecule has 0 spiro atoms. The first-order valence-electron chi connectivity index (χ1n) is 5.70. The molecule has 2 aromatic rings. The first kappa shape index (κ1) is 13.2. The van der Waals surface area contributed by atoms with E-state index in [1.807, 2.05) is 13.0 Å². The highest BCUT2D eigenvalue weighted by Crippen LogP contribution is 2.14. The topological polar surface area (TPSA) is 71.1 Å². The molecule has 5 nitrogen and oxygen atoms in total. The monoisotopic (exact) mass is 275 g/mol. The highest BCUT2D eigenvalue weighted by atomic mass is 32.1. The first-order chi connectivity index (χ1) is 9.15. The third kappa shape index (κ3) is 3.89. The van der Waals surface area contributed by atoms with E-state index in [0.29, 0.717) is 10.7 Å². The number of amides is 2. The number of thiophene rings is 1. The van der Waals surface area contributed by atoms with Crippen molar-refractivity contribution in [2.24, 2.45) is 0 Å². The molecule has 0 aliphatic heterocycles. The van der Waals surface area contributed by atoms with Crippen LogP contribution in [0.3, 0.4) is 0 Å². The van der Waals surface area contributed by atoms with Gasteiger partial charge >= 0.3 is 0 Å². The fraction of sp³-hybridized carbons (Fsp3) is 0.154. The maximum absolute atomic E-state index is 11.7. The fourth-order valence-corrected chi connectivity index (χ4v) is 2.21. The second kappa shape index (κ2) is 6.10. The van der Waals surface area contributed by atoms with Crippen molar-refractivity contribution in [3.63, 3.8) is 0 Å². The number of anilines is 1. The van der Waals surface area contributed by atoms with Gasteiger partial charge in [0.25, 0.3) is 5.91 Å². The molecule has 0 aliphatic carbocycles. The molecule has 19 heavy (non-hydrogen) atoms. The Labute approximate surface area is 114 Å². The van der Waals surface area contributed by atoms with Crippen LogP contribution in [-0.2, 0) is 4.79 Å². The van der Waals surface area contributed by atoms with Crippen molar-refractivity contribution in [2.45, 2.75) is 6.92 Å². The van der Waals surface area contributed by atoms with Crippen molar-refractivity contribution in [1.82, 2.24) is 10.3 Å². The van der Waals surface area contributed by atoms with Crippen LogP contribution in [0.15, 0.2) is 36.5 Å². The van der Waals surface area contributed by atoms with Crippen LogP contribution in [0.5, 0.6) is 0 Å². The summed E-state index contributed by atoms with van der Waals surface area (Å²) in [5.74, 6) is -0.0803. The maximum Gasteiger partial charge on any atom is 0.261 e. The van der Waals surface area contributed by atoms with Gasteiger partial charge in [-0.05, 0) is 31.2 Å². The molecule has 2 rings (SSSR count). The van der Waals surface area contributed by atoms with Crippen LogP contribution >= 0.6 is 11.3 Å². The van der Waals surface area contributed by atoms with Gasteiger partial charge in [0.2, 0.25) is 5.91 Å². The van der Waals surface area contributed by atoms with E-state index in [-0.39, 0.29) is 18.4 Å². The molecule has 0 atom stereocenters. The Morgan fingerprint density at radius 1 is 1.26 bits per heavy atom. The summed E-state index contributed by atoms with van der Waals surface area (Å²) in [5, 5.41) is 5.16. The molecule has 0 radical (unpaired) electrons. The summed E-state index contributed by atoms with van der Waals surface area (Å²) in [6.45, 7) is 1.85. The van der Waals surface area contributed by atoms with Crippen molar-refractivity contribution < 1.29 is 9.59 Å². The molecule has 0 saturated carbocycles. The van der Waals surface area contributed by atoms with E-state index in [2.05, 4.69) is 15.6 Å². The number of rotatable bonds is 4. The van der Waals surface area contributed by atoms with Crippen molar-refractivity contribution in [3.8, 4) is 0 Å². The number of pyridine rings is 1. The quantitative estimate of drug-likeness (QED) is 0.894. The van der Waals surface area contributed by atoms with Crippen LogP contribution in [0.4, 0.5) is 5.82 Å². The number of nitrogens with zero attached hydrogens (tertiary/aromatic N) is 1. The standard InChI is InChI=1S/C13H13N3O2S/c1-9-5-6-10(19-9)13(18)15-8-12(17)16-11-4-2-3-7-14-11/h2-7H,8H2,1H3,(H,15,18)(H,14,16,17). The van der Waals surface area contributed by atoms with Gasteiger partial charge in [0, 0.05) is 11.1 Å². The number of carbonyl (C=O) groups is 2. The molecule has 98 valence electrons. The zero-order valence-electron chi connectivity index (χ0n) is 10.3. The number of aromatic nitrogens is 1. The van der Waals surface area contributed by atoms with Gasteiger partial charge in [-0.1, -0.05) is 6.07 Å². The lowest BCUT2D eigenvalue weighted by molar-refractivity contribution is -0.115. The van der Waals surface area contributed by atoms with Crippen LogP contribution in [0.25, 0.3) is 0 Å². The first-order valence-corrected chi connectivity index (χ1v) is 6.52. The molecule has 0 aromatic carbocycles. The van der Waals surface area contributed by atoms with E-state index in [9.17, 15) is 9.59 Å². The summed E-state index contributed by atoms with van der Waals surface area (Å²) in [6.07, 6.45) is 1.59. The molecule has 6 heteroatoms. The zero-order chi connectivity index (χ0) is 13.7.